The molecule has 0 bridgehead atoms. The average Bonchev–Trinajstić information content (AvgIpc) is 3.33. The van der Waals surface area contributed by atoms with E-state index in [-0.39, 0.29) is 17.9 Å². The molecule has 2 aromatic carbocycles. The summed E-state index contributed by atoms with van der Waals surface area (Å²) in [7, 11) is 0. The van der Waals surface area contributed by atoms with Gasteiger partial charge in [-0.05, 0) is 74.1 Å². The normalized spacial score (nSPS) is 19.8. The first kappa shape index (κ1) is 17.8. The van der Waals surface area contributed by atoms with Crippen molar-refractivity contribution in [2.24, 2.45) is 0 Å². The molecule has 0 aromatic heterocycles. The second kappa shape index (κ2) is 7.18. The van der Waals surface area contributed by atoms with Crippen LogP contribution in [0.2, 0.25) is 0 Å². The molecule has 4 heteroatoms. The zero-order valence-corrected chi connectivity index (χ0v) is 16.1. The summed E-state index contributed by atoms with van der Waals surface area (Å²) in [5.74, 6) is 0.249. The molecule has 1 atom stereocenters. The molecular formula is C23H26N2O2. The zero-order valence-electron chi connectivity index (χ0n) is 16.1. The fourth-order valence-corrected chi connectivity index (χ4v) is 4.20. The minimum absolute atomic E-state index is 0.0787. The van der Waals surface area contributed by atoms with Crippen LogP contribution in [0.1, 0.15) is 58.8 Å². The highest BCUT2D eigenvalue weighted by Gasteiger charge is 2.31. The maximum Gasteiger partial charge on any atom is 0.254 e. The Labute approximate surface area is 160 Å². The Balaban J connectivity index is 1.54. The predicted octanol–water partition coefficient (Wildman–Crippen LogP) is 4.41. The van der Waals surface area contributed by atoms with Crippen molar-refractivity contribution >= 4 is 17.5 Å². The first-order chi connectivity index (χ1) is 13.0. The van der Waals surface area contributed by atoms with Crippen LogP contribution in [-0.4, -0.2) is 29.8 Å². The van der Waals surface area contributed by atoms with Gasteiger partial charge < -0.3 is 9.80 Å². The van der Waals surface area contributed by atoms with Gasteiger partial charge >= 0.3 is 0 Å². The molecule has 4 rings (SSSR count). The highest BCUT2D eigenvalue weighted by molar-refractivity contribution is 5.97. The summed E-state index contributed by atoms with van der Waals surface area (Å²) in [6.45, 7) is 5.80. The van der Waals surface area contributed by atoms with E-state index in [2.05, 4.69) is 32.0 Å². The van der Waals surface area contributed by atoms with Gasteiger partial charge in [0.2, 0.25) is 5.91 Å². The van der Waals surface area contributed by atoms with Crippen LogP contribution in [0.5, 0.6) is 0 Å². The number of aryl methyl sites for hydroxylation is 2. The number of amides is 2. The summed E-state index contributed by atoms with van der Waals surface area (Å²) >= 11 is 0. The number of likely N-dealkylation sites (tertiary alicyclic amines) is 1. The van der Waals surface area contributed by atoms with Crippen LogP contribution in [0.15, 0.2) is 42.5 Å². The first-order valence-electron chi connectivity index (χ1n) is 9.83. The standard InChI is InChI=1S/C23H26N2O2/c1-16-7-8-19(15-17(16)2)21-5-3-14-25(21)23(27)18-9-11-20(12-10-18)24-13-4-6-22(24)26/h7-12,15,21H,3-6,13-14H2,1-2H3. The summed E-state index contributed by atoms with van der Waals surface area (Å²) in [4.78, 5) is 28.8. The smallest absolute Gasteiger partial charge is 0.254 e. The molecule has 2 amide bonds. The Hall–Kier alpha value is -2.62. The molecule has 2 aliphatic rings. The maximum atomic E-state index is 13.1. The van der Waals surface area contributed by atoms with E-state index in [1.165, 1.54) is 16.7 Å². The Morgan fingerprint density at radius 2 is 1.74 bits per heavy atom. The van der Waals surface area contributed by atoms with Crippen LogP contribution >= 0.6 is 0 Å². The SMILES string of the molecule is Cc1ccc(C2CCCN2C(=O)c2ccc(N3CCCC3=O)cc2)cc1C. The van der Waals surface area contributed by atoms with E-state index in [1.54, 1.807) is 0 Å². The Bertz CT molecular complexity index is 872. The second-order valence-electron chi connectivity index (χ2n) is 7.70. The monoisotopic (exact) mass is 362 g/mol. The van der Waals surface area contributed by atoms with Crippen LogP contribution in [0.25, 0.3) is 0 Å². The number of benzene rings is 2. The fourth-order valence-electron chi connectivity index (χ4n) is 4.20. The van der Waals surface area contributed by atoms with Crippen LogP contribution < -0.4 is 4.90 Å². The topological polar surface area (TPSA) is 40.6 Å². The molecule has 27 heavy (non-hydrogen) atoms. The van der Waals surface area contributed by atoms with E-state index >= 15 is 0 Å². The summed E-state index contributed by atoms with van der Waals surface area (Å²) in [6.07, 6.45) is 3.56. The van der Waals surface area contributed by atoms with Crippen molar-refractivity contribution in [2.45, 2.75) is 45.6 Å². The van der Waals surface area contributed by atoms with Crippen LogP contribution in [0.4, 0.5) is 5.69 Å². The van der Waals surface area contributed by atoms with E-state index in [4.69, 9.17) is 0 Å². The number of anilines is 1. The first-order valence-corrected chi connectivity index (χ1v) is 9.83. The van der Waals surface area contributed by atoms with Crippen molar-refractivity contribution < 1.29 is 9.59 Å². The number of rotatable bonds is 3. The molecule has 2 saturated heterocycles. The Kier molecular flexibility index (Phi) is 4.73. The van der Waals surface area contributed by atoms with Crippen LogP contribution in [-0.2, 0) is 4.79 Å². The Morgan fingerprint density at radius 1 is 0.963 bits per heavy atom. The number of hydrogen-bond donors (Lipinski definition) is 0. The molecule has 1 unspecified atom stereocenters. The van der Waals surface area contributed by atoms with E-state index in [1.807, 2.05) is 34.1 Å². The molecule has 0 N–H and O–H groups in total. The summed E-state index contributed by atoms with van der Waals surface area (Å²) in [5.41, 5.74) is 5.36. The number of nitrogens with zero attached hydrogens (tertiary/aromatic N) is 2. The molecular weight excluding hydrogens is 336 g/mol. The third kappa shape index (κ3) is 3.36. The minimum atomic E-state index is 0.0787. The van der Waals surface area contributed by atoms with Gasteiger partial charge in [0.25, 0.3) is 5.91 Å². The van der Waals surface area contributed by atoms with Gasteiger partial charge in [-0.2, -0.15) is 0 Å². The molecule has 2 fully saturated rings. The van der Waals surface area contributed by atoms with E-state index in [0.29, 0.717) is 12.0 Å². The van der Waals surface area contributed by atoms with Crippen LogP contribution in [0, 0.1) is 13.8 Å². The third-order valence-electron chi connectivity index (χ3n) is 5.93. The van der Waals surface area contributed by atoms with Gasteiger partial charge in [-0.15, -0.1) is 0 Å². The molecule has 2 heterocycles. The van der Waals surface area contributed by atoms with Gasteiger partial charge in [-0.3, -0.25) is 9.59 Å². The lowest BCUT2D eigenvalue weighted by molar-refractivity contribution is -0.117. The van der Waals surface area contributed by atoms with Gasteiger partial charge in [-0.1, -0.05) is 18.2 Å². The van der Waals surface area contributed by atoms with E-state index in [0.717, 1.165) is 38.0 Å². The molecule has 4 nitrogen and oxygen atoms in total. The zero-order chi connectivity index (χ0) is 19.0. The quantitative estimate of drug-likeness (QED) is 0.812. The average molecular weight is 362 g/mol. The summed E-state index contributed by atoms with van der Waals surface area (Å²) in [5, 5.41) is 0. The van der Waals surface area contributed by atoms with Gasteiger partial charge in [0.1, 0.15) is 0 Å². The lowest BCUT2D eigenvalue weighted by Crippen LogP contribution is -2.30. The molecule has 0 spiro atoms. The van der Waals surface area contributed by atoms with Gasteiger partial charge in [0.15, 0.2) is 0 Å². The van der Waals surface area contributed by atoms with Crippen molar-refractivity contribution in [1.29, 1.82) is 0 Å². The summed E-state index contributed by atoms with van der Waals surface area (Å²) < 4.78 is 0. The van der Waals surface area contributed by atoms with Crippen molar-refractivity contribution in [3.63, 3.8) is 0 Å². The molecule has 140 valence electrons. The lowest BCUT2D eigenvalue weighted by Gasteiger charge is -2.26. The number of carbonyl (C=O) groups is 2. The molecule has 0 aliphatic carbocycles. The van der Waals surface area contributed by atoms with Gasteiger partial charge in [0.05, 0.1) is 6.04 Å². The fraction of sp³-hybridized carbons (Fsp3) is 0.391. The number of carbonyl (C=O) groups excluding carboxylic acids is 2. The van der Waals surface area contributed by atoms with E-state index < -0.39 is 0 Å². The van der Waals surface area contributed by atoms with E-state index in [9.17, 15) is 9.59 Å². The highest BCUT2D eigenvalue weighted by atomic mass is 16.2. The lowest BCUT2D eigenvalue weighted by atomic mass is 9.99. The van der Waals surface area contributed by atoms with Crippen LogP contribution in [0.3, 0.4) is 0 Å². The largest absolute Gasteiger partial charge is 0.332 e. The molecule has 0 saturated carbocycles. The second-order valence-corrected chi connectivity index (χ2v) is 7.70. The Morgan fingerprint density at radius 3 is 2.41 bits per heavy atom. The minimum Gasteiger partial charge on any atom is -0.332 e. The highest BCUT2D eigenvalue weighted by Crippen LogP contribution is 2.34. The third-order valence-corrected chi connectivity index (χ3v) is 5.93. The van der Waals surface area contributed by atoms with Gasteiger partial charge in [-0.25, -0.2) is 0 Å². The van der Waals surface area contributed by atoms with Crippen molar-refractivity contribution in [3.05, 3.63) is 64.7 Å². The molecule has 2 aliphatic heterocycles. The maximum absolute atomic E-state index is 13.1. The molecule has 2 aromatic rings. The van der Waals surface area contributed by atoms with Gasteiger partial charge in [0, 0.05) is 30.8 Å². The van der Waals surface area contributed by atoms with Crippen molar-refractivity contribution in [3.8, 4) is 0 Å². The molecule has 0 radical (unpaired) electrons. The van der Waals surface area contributed by atoms with Crippen molar-refractivity contribution in [1.82, 2.24) is 4.90 Å². The van der Waals surface area contributed by atoms with Crippen molar-refractivity contribution in [2.75, 3.05) is 18.0 Å². The predicted molar refractivity (Wildman–Crippen MR) is 107 cm³/mol. The summed E-state index contributed by atoms with van der Waals surface area (Å²) in [6, 6.07) is 14.2. The number of hydrogen-bond acceptors (Lipinski definition) is 2.